The van der Waals surface area contributed by atoms with Crippen molar-refractivity contribution in [3.8, 4) is 0 Å². The molecule has 0 rings (SSSR count). The van der Waals surface area contributed by atoms with E-state index >= 15 is 0 Å². The van der Waals surface area contributed by atoms with E-state index in [9.17, 15) is 14.4 Å². The van der Waals surface area contributed by atoms with Gasteiger partial charge in [0.1, 0.15) is 18.4 Å². The molecule has 0 aromatic rings. The Bertz CT molecular complexity index is 365. The van der Waals surface area contributed by atoms with Crippen LogP contribution in [0.25, 0.3) is 0 Å². The summed E-state index contributed by atoms with van der Waals surface area (Å²) in [6.07, 6.45) is 0.439. The van der Waals surface area contributed by atoms with Crippen LogP contribution in [0.3, 0.4) is 0 Å². The molecule has 0 N–H and O–H groups in total. The Morgan fingerprint density at radius 1 is 1.14 bits per heavy atom. The van der Waals surface area contributed by atoms with Crippen LogP contribution in [0.15, 0.2) is 0 Å². The summed E-state index contributed by atoms with van der Waals surface area (Å²) >= 11 is 0. The molecular weight excluding hydrogens is 270 g/mol. The third kappa shape index (κ3) is 5.96. The molecule has 1 unspecified atom stereocenters. The zero-order chi connectivity index (χ0) is 16.7. The summed E-state index contributed by atoms with van der Waals surface area (Å²) in [6, 6.07) is -0.414. The third-order valence-corrected chi connectivity index (χ3v) is 3.76. The third-order valence-electron chi connectivity index (χ3n) is 3.76. The zero-order valence-corrected chi connectivity index (χ0v) is 14.3. The monoisotopic (exact) mass is 299 g/mol. The van der Waals surface area contributed by atoms with Crippen LogP contribution in [-0.2, 0) is 19.1 Å². The Hall–Kier alpha value is -1.23. The quantitative estimate of drug-likeness (QED) is 0.482. The fourth-order valence-electron chi connectivity index (χ4n) is 2.23. The van der Waals surface area contributed by atoms with Gasteiger partial charge < -0.3 is 9.53 Å². The van der Waals surface area contributed by atoms with E-state index < -0.39 is 18.1 Å². The van der Waals surface area contributed by atoms with Crippen LogP contribution in [0, 0.1) is 11.8 Å². The molecule has 0 aliphatic carbocycles. The van der Waals surface area contributed by atoms with Gasteiger partial charge in [0.15, 0.2) is 5.78 Å². The summed E-state index contributed by atoms with van der Waals surface area (Å²) in [5.74, 6) is -0.787. The summed E-state index contributed by atoms with van der Waals surface area (Å²) in [6.45, 7) is 10.8. The van der Waals surface area contributed by atoms with Crippen LogP contribution in [0.2, 0.25) is 0 Å². The molecule has 0 aliphatic rings. The first-order valence-corrected chi connectivity index (χ1v) is 7.49. The maximum Gasteiger partial charge on any atom is 0.302 e. The van der Waals surface area contributed by atoms with Gasteiger partial charge in [0, 0.05) is 31.2 Å². The molecule has 0 radical (unpaired) electrons. The molecule has 0 spiro atoms. The highest BCUT2D eigenvalue weighted by Gasteiger charge is 2.39. The number of ketones is 1. The Morgan fingerprint density at radius 3 is 2.00 bits per heavy atom. The highest BCUT2D eigenvalue weighted by atomic mass is 16.5. The lowest BCUT2D eigenvalue weighted by Gasteiger charge is -2.38. The number of nitrogens with zero attached hydrogens (tertiary/aromatic N) is 1. The summed E-state index contributed by atoms with van der Waals surface area (Å²) in [5.41, 5.74) is 0. The van der Waals surface area contributed by atoms with E-state index in [4.69, 9.17) is 4.74 Å². The Labute approximate surface area is 128 Å². The number of aldehydes is 1. The highest BCUT2D eigenvalue weighted by Crippen LogP contribution is 2.23. The summed E-state index contributed by atoms with van der Waals surface area (Å²) in [4.78, 5) is 36.7. The molecule has 5 nitrogen and oxygen atoms in total. The average Bonchev–Trinajstić information content (AvgIpc) is 2.36. The number of Topliss-reactive ketones (excluding diaryl/α,β-unsaturated/α-hetero) is 1. The van der Waals surface area contributed by atoms with Gasteiger partial charge in [-0.25, -0.2) is 0 Å². The smallest absolute Gasteiger partial charge is 0.302 e. The normalized spacial score (nSPS) is 15.9. The van der Waals surface area contributed by atoms with Crippen LogP contribution in [0.4, 0.5) is 0 Å². The SMILES string of the molecule is CC(=O)O[C@@H](C(C(=O)C(C)C)N(C)C(C)C)[C@H](C)CC=O. The van der Waals surface area contributed by atoms with Crippen LogP contribution in [0.5, 0.6) is 0 Å². The first-order chi connectivity index (χ1) is 9.63. The number of likely N-dealkylation sites (N-methyl/N-ethyl adjacent to an activating group) is 1. The summed E-state index contributed by atoms with van der Waals surface area (Å²) in [7, 11) is 1.85. The molecule has 0 saturated carbocycles. The van der Waals surface area contributed by atoms with Gasteiger partial charge in [-0.1, -0.05) is 20.8 Å². The van der Waals surface area contributed by atoms with Gasteiger partial charge >= 0.3 is 5.97 Å². The van der Waals surface area contributed by atoms with Crippen molar-refractivity contribution in [2.24, 2.45) is 11.8 Å². The van der Waals surface area contributed by atoms with E-state index in [1.165, 1.54) is 6.92 Å². The van der Waals surface area contributed by atoms with Crippen molar-refractivity contribution in [2.45, 2.75) is 66.2 Å². The number of rotatable bonds is 9. The molecule has 0 aliphatic heterocycles. The molecule has 0 amide bonds. The zero-order valence-electron chi connectivity index (χ0n) is 14.3. The second kappa shape index (κ2) is 8.93. The molecule has 0 fully saturated rings. The lowest BCUT2D eigenvalue weighted by Crippen LogP contribution is -2.54. The van der Waals surface area contributed by atoms with Gasteiger partial charge in [-0.15, -0.1) is 0 Å². The molecule has 3 atom stereocenters. The first-order valence-electron chi connectivity index (χ1n) is 7.49. The minimum Gasteiger partial charge on any atom is -0.460 e. The average molecular weight is 299 g/mol. The molecule has 21 heavy (non-hydrogen) atoms. The standard InChI is InChI=1S/C16H29NO4/c1-10(2)15(20)14(17(7)11(3)4)16(21-13(6)19)12(5)8-9-18/h9-12,14,16H,8H2,1-7H3/t12-,14?,16-/m1/s1. The summed E-state index contributed by atoms with van der Waals surface area (Å²) in [5, 5.41) is 0. The fraction of sp³-hybridized carbons (Fsp3) is 0.812. The van der Waals surface area contributed by atoms with Gasteiger partial charge in [-0.3, -0.25) is 14.5 Å². The number of hydrogen-bond acceptors (Lipinski definition) is 5. The first kappa shape index (κ1) is 19.8. The summed E-state index contributed by atoms with van der Waals surface area (Å²) < 4.78 is 5.41. The van der Waals surface area contributed by atoms with Crippen LogP contribution in [0.1, 0.15) is 48.0 Å². The number of carbonyl (C=O) groups excluding carboxylic acids is 3. The van der Waals surface area contributed by atoms with Crippen molar-refractivity contribution in [1.29, 1.82) is 0 Å². The van der Waals surface area contributed by atoms with Gasteiger partial charge in [-0.2, -0.15) is 0 Å². The molecule has 0 aromatic heterocycles. The van der Waals surface area contributed by atoms with E-state index in [0.717, 1.165) is 6.29 Å². The Kier molecular flexibility index (Phi) is 8.40. The Morgan fingerprint density at radius 2 is 1.67 bits per heavy atom. The number of carbonyl (C=O) groups is 3. The fourth-order valence-corrected chi connectivity index (χ4v) is 2.23. The minimum atomic E-state index is -0.616. The lowest BCUT2D eigenvalue weighted by molar-refractivity contribution is -0.157. The van der Waals surface area contributed by atoms with E-state index in [2.05, 4.69) is 0 Å². The van der Waals surface area contributed by atoms with Gasteiger partial charge in [0.05, 0.1) is 0 Å². The van der Waals surface area contributed by atoms with Crippen LogP contribution in [-0.4, -0.2) is 48.2 Å². The van der Waals surface area contributed by atoms with E-state index in [0.29, 0.717) is 0 Å². The topological polar surface area (TPSA) is 63.7 Å². The predicted molar refractivity (Wildman–Crippen MR) is 81.9 cm³/mol. The molecule has 0 heterocycles. The molecule has 0 bridgehead atoms. The molecule has 122 valence electrons. The van der Waals surface area contributed by atoms with Crippen molar-refractivity contribution < 1.29 is 19.1 Å². The number of hydrogen-bond donors (Lipinski definition) is 0. The molecular formula is C16H29NO4. The second-order valence-electron chi connectivity index (χ2n) is 6.21. The molecule has 0 saturated heterocycles. The van der Waals surface area contributed by atoms with Gasteiger partial charge in [0.25, 0.3) is 0 Å². The van der Waals surface area contributed by atoms with Crippen molar-refractivity contribution >= 4 is 18.0 Å². The number of ether oxygens (including phenoxy) is 1. The maximum absolute atomic E-state index is 12.6. The Balaban J connectivity index is 5.58. The van der Waals surface area contributed by atoms with Crippen molar-refractivity contribution in [2.75, 3.05) is 7.05 Å². The molecule has 0 aromatic carbocycles. The second-order valence-corrected chi connectivity index (χ2v) is 6.21. The molecule has 5 heteroatoms. The van der Waals surface area contributed by atoms with E-state index in [-0.39, 0.29) is 30.1 Å². The van der Waals surface area contributed by atoms with Crippen molar-refractivity contribution in [3.05, 3.63) is 0 Å². The lowest BCUT2D eigenvalue weighted by atomic mass is 9.87. The van der Waals surface area contributed by atoms with Gasteiger partial charge in [-0.05, 0) is 20.9 Å². The van der Waals surface area contributed by atoms with Crippen molar-refractivity contribution in [1.82, 2.24) is 4.90 Å². The predicted octanol–water partition coefficient (Wildman–Crippen LogP) is 2.08. The minimum absolute atomic E-state index is 0.0233. The number of esters is 1. The van der Waals surface area contributed by atoms with Crippen molar-refractivity contribution in [3.63, 3.8) is 0 Å². The van der Waals surface area contributed by atoms with Crippen LogP contribution >= 0.6 is 0 Å². The van der Waals surface area contributed by atoms with E-state index in [1.54, 1.807) is 0 Å². The largest absolute Gasteiger partial charge is 0.460 e. The van der Waals surface area contributed by atoms with Crippen LogP contribution < -0.4 is 0 Å². The highest BCUT2D eigenvalue weighted by molar-refractivity contribution is 5.86. The van der Waals surface area contributed by atoms with Gasteiger partial charge in [0.2, 0.25) is 0 Å². The van der Waals surface area contributed by atoms with E-state index in [1.807, 2.05) is 46.6 Å². The maximum atomic E-state index is 12.6.